The third-order valence-corrected chi connectivity index (χ3v) is 3.83. The Morgan fingerprint density at radius 1 is 1.56 bits per heavy atom. The van der Waals surface area contributed by atoms with E-state index in [0.29, 0.717) is 15.0 Å². The van der Waals surface area contributed by atoms with Crippen LogP contribution in [-0.4, -0.2) is 16.1 Å². The minimum atomic E-state index is -1.16. The highest BCUT2D eigenvalue weighted by Gasteiger charge is 2.18. The molecule has 1 aromatic carbocycles. The number of aromatic nitrogens is 1. The molecule has 7 heteroatoms. The van der Waals surface area contributed by atoms with Gasteiger partial charge in [0.1, 0.15) is 16.9 Å². The largest absolute Gasteiger partial charge is 0.480 e. The van der Waals surface area contributed by atoms with Gasteiger partial charge in [-0.1, -0.05) is 6.07 Å². The molecule has 1 heterocycles. The van der Waals surface area contributed by atoms with Crippen molar-refractivity contribution in [3.8, 4) is 10.6 Å². The second kappa shape index (κ2) is 5.13. The van der Waals surface area contributed by atoms with Gasteiger partial charge < -0.3 is 10.8 Å². The number of hydrogen-bond acceptors (Lipinski definition) is 4. The highest BCUT2D eigenvalue weighted by molar-refractivity contribution is 9.10. The fourth-order valence-electron chi connectivity index (χ4n) is 1.32. The first-order chi connectivity index (χ1) is 8.49. The van der Waals surface area contributed by atoms with Crippen molar-refractivity contribution < 1.29 is 14.3 Å². The SMILES string of the molecule is NC(C(=O)O)c1csc(-c2ccc(Br)c(F)c2)n1. The second-order valence-corrected chi connectivity index (χ2v) is 5.23. The molecule has 1 aromatic heterocycles. The van der Waals surface area contributed by atoms with Crippen molar-refractivity contribution in [2.24, 2.45) is 5.73 Å². The lowest BCUT2D eigenvalue weighted by Gasteiger charge is -2.01. The van der Waals surface area contributed by atoms with Gasteiger partial charge in [-0.15, -0.1) is 11.3 Å². The molecule has 0 radical (unpaired) electrons. The summed E-state index contributed by atoms with van der Waals surface area (Å²) in [6.07, 6.45) is 0. The van der Waals surface area contributed by atoms with E-state index >= 15 is 0 Å². The lowest BCUT2D eigenvalue weighted by atomic mass is 10.2. The maximum Gasteiger partial charge on any atom is 0.326 e. The predicted molar refractivity (Wildman–Crippen MR) is 69.8 cm³/mol. The molecule has 0 saturated heterocycles. The van der Waals surface area contributed by atoms with Crippen molar-refractivity contribution in [3.63, 3.8) is 0 Å². The fourth-order valence-corrected chi connectivity index (χ4v) is 2.42. The summed E-state index contributed by atoms with van der Waals surface area (Å²) >= 11 is 4.29. The number of hydrogen-bond donors (Lipinski definition) is 2. The predicted octanol–water partition coefficient (Wildman–Crippen LogP) is 2.80. The van der Waals surface area contributed by atoms with Crippen LogP contribution in [0.5, 0.6) is 0 Å². The molecule has 1 atom stereocenters. The molecule has 18 heavy (non-hydrogen) atoms. The van der Waals surface area contributed by atoms with Crippen molar-refractivity contribution in [1.29, 1.82) is 0 Å². The molecule has 0 spiro atoms. The van der Waals surface area contributed by atoms with Gasteiger partial charge in [-0.3, -0.25) is 4.79 Å². The summed E-state index contributed by atoms with van der Waals surface area (Å²) in [7, 11) is 0. The zero-order valence-corrected chi connectivity index (χ0v) is 11.3. The molecule has 2 aromatic rings. The van der Waals surface area contributed by atoms with E-state index in [4.69, 9.17) is 10.8 Å². The molecule has 2 rings (SSSR count). The summed E-state index contributed by atoms with van der Waals surface area (Å²) in [5, 5.41) is 10.9. The van der Waals surface area contributed by atoms with Crippen molar-refractivity contribution in [2.75, 3.05) is 0 Å². The minimum Gasteiger partial charge on any atom is -0.480 e. The summed E-state index contributed by atoms with van der Waals surface area (Å²) in [5.41, 5.74) is 6.30. The number of carbonyl (C=O) groups is 1. The van der Waals surface area contributed by atoms with E-state index in [1.54, 1.807) is 17.5 Å². The maximum absolute atomic E-state index is 13.4. The van der Waals surface area contributed by atoms with Crippen molar-refractivity contribution >= 4 is 33.2 Å². The highest BCUT2D eigenvalue weighted by Crippen LogP contribution is 2.28. The van der Waals surface area contributed by atoms with Crippen molar-refractivity contribution in [2.45, 2.75) is 6.04 Å². The number of aliphatic carboxylic acids is 1. The third kappa shape index (κ3) is 2.58. The molecule has 4 nitrogen and oxygen atoms in total. The Morgan fingerprint density at radius 2 is 2.28 bits per heavy atom. The van der Waals surface area contributed by atoms with Gasteiger partial charge in [0.25, 0.3) is 0 Å². The van der Waals surface area contributed by atoms with E-state index < -0.39 is 17.8 Å². The first-order valence-electron chi connectivity index (χ1n) is 4.88. The van der Waals surface area contributed by atoms with Gasteiger partial charge in [-0.05, 0) is 28.1 Å². The molecule has 0 amide bonds. The smallest absolute Gasteiger partial charge is 0.326 e. The summed E-state index contributed by atoms with van der Waals surface area (Å²) < 4.78 is 13.7. The molecule has 3 N–H and O–H groups in total. The number of thiazole rings is 1. The van der Waals surface area contributed by atoms with Gasteiger partial charge in [-0.2, -0.15) is 0 Å². The maximum atomic E-state index is 13.4. The van der Waals surface area contributed by atoms with E-state index in [9.17, 15) is 9.18 Å². The van der Waals surface area contributed by atoms with E-state index in [1.165, 1.54) is 17.4 Å². The Labute approximate surface area is 114 Å². The Bertz CT molecular complexity index is 602. The van der Waals surface area contributed by atoms with Gasteiger partial charge in [0, 0.05) is 10.9 Å². The quantitative estimate of drug-likeness (QED) is 0.907. The van der Waals surface area contributed by atoms with Gasteiger partial charge in [0.2, 0.25) is 0 Å². The number of rotatable bonds is 3. The molecule has 0 aliphatic rings. The van der Waals surface area contributed by atoms with Gasteiger partial charge in [0.15, 0.2) is 0 Å². The van der Waals surface area contributed by atoms with Crippen LogP contribution in [0, 0.1) is 5.82 Å². The zero-order valence-electron chi connectivity index (χ0n) is 8.93. The van der Waals surface area contributed by atoms with Crippen molar-refractivity contribution in [3.05, 3.63) is 39.6 Å². The number of nitrogens with two attached hydrogens (primary N) is 1. The van der Waals surface area contributed by atoms with E-state index in [1.807, 2.05) is 0 Å². The Hall–Kier alpha value is -1.31. The second-order valence-electron chi connectivity index (χ2n) is 3.52. The standard InChI is InChI=1S/C11H8BrFN2O2S/c12-6-2-1-5(3-7(6)13)10-15-8(4-18-10)9(14)11(16)17/h1-4,9H,14H2,(H,16,17). The average Bonchev–Trinajstić information content (AvgIpc) is 2.81. The van der Waals surface area contributed by atoms with E-state index in [-0.39, 0.29) is 5.69 Å². The summed E-state index contributed by atoms with van der Waals surface area (Å²) in [4.78, 5) is 14.8. The molecular formula is C11H8BrFN2O2S. The van der Waals surface area contributed by atoms with Crippen LogP contribution >= 0.6 is 27.3 Å². The van der Waals surface area contributed by atoms with Crippen LogP contribution in [0.1, 0.15) is 11.7 Å². The molecule has 94 valence electrons. The monoisotopic (exact) mass is 330 g/mol. The first kappa shape index (κ1) is 13.1. The number of benzene rings is 1. The van der Waals surface area contributed by atoms with Crippen molar-refractivity contribution in [1.82, 2.24) is 4.98 Å². The minimum absolute atomic E-state index is 0.269. The van der Waals surface area contributed by atoms with Crippen LogP contribution in [0.15, 0.2) is 28.1 Å². The van der Waals surface area contributed by atoms with Crippen LogP contribution in [0.25, 0.3) is 10.6 Å². The van der Waals surface area contributed by atoms with Crippen LogP contribution < -0.4 is 5.73 Å². The van der Waals surface area contributed by atoms with Crippen LogP contribution in [0.3, 0.4) is 0 Å². The van der Waals surface area contributed by atoms with Gasteiger partial charge in [0.05, 0.1) is 10.2 Å². The molecule has 0 aliphatic carbocycles. The molecule has 0 saturated carbocycles. The third-order valence-electron chi connectivity index (χ3n) is 2.27. The van der Waals surface area contributed by atoms with Gasteiger partial charge >= 0.3 is 5.97 Å². The number of carboxylic acids is 1. The highest BCUT2D eigenvalue weighted by atomic mass is 79.9. The normalized spacial score (nSPS) is 12.4. The zero-order chi connectivity index (χ0) is 13.3. The molecule has 0 bridgehead atoms. The number of halogens is 2. The molecular weight excluding hydrogens is 323 g/mol. The number of nitrogens with zero attached hydrogens (tertiary/aromatic N) is 1. The lowest BCUT2D eigenvalue weighted by Crippen LogP contribution is -2.20. The summed E-state index contributed by atoms with van der Waals surface area (Å²) in [6, 6.07) is 3.44. The molecule has 0 aliphatic heterocycles. The summed E-state index contributed by atoms with van der Waals surface area (Å²) in [6.45, 7) is 0. The van der Waals surface area contributed by atoms with E-state index in [2.05, 4.69) is 20.9 Å². The fraction of sp³-hybridized carbons (Fsp3) is 0.0909. The average molecular weight is 331 g/mol. The van der Waals surface area contributed by atoms with Crippen LogP contribution in [0.4, 0.5) is 4.39 Å². The summed E-state index contributed by atoms with van der Waals surface area (Å²) in [5.74, 6) is -1.54. The number of carboxylic acid groups (broad SMARTS) is 1. The topological polar surface area (TPSA) is 76.2 Å². The van der Waals surface area contributed by atoms with E-state index in [0.717, 1.165) is 0 Å². The van der Waals surface area contributed by atoms with Crippen LogP contribution in [0.2, 0.25) is 0 Å². The first-order valence-corrected chi connectivity index (χ1v) is 6.55. The van der Waals surface area contributed by atoms with Crippen LogP contribution in [-0.2, 0) is 4.79 Å². The Balaban J connectivity index is 2.35. The Kier molecular flexibility index (Phi) is 3.74. The Morgan fingerprint density at radius 3 is 2.89 bits per heavy atom. The molecule has 0 fully saturated rings. The van der Waals surface area contributed by atoms with Gasteiger partial charge in [-0.25, -0.2) is 9.37 Å². The lowest BCUT2D eigenvalue weighted by molar-refractivity contribution is -0.138. The molecule has 1 unspecified atom stereocenters.